The van der Waals surface area contributed by atoms with Gasteiger partial charge in [-0.05, 0) is 61.2 Å². The number of rotatable bonds is 4. The van der Waals surface area contributed by atoms with Crippen LogP contribution < -0.4 is 27.3 Å². The molecule has 1 unspecified atom stereocenters. The van der Waals surface area contributed by atoms with Gasteiger partial charge in [-0.15, -0.1) is 0 Å². The molecule has 1 aliphatic heterocycles. The molecule has 1 amide bonds. The summed E-state index contributed by atoms with van der Waals surface area (Å²) >= 11 is 0. The topological polar surface area (TPSA) is 145 Å². The lowest BCUT2D eigenvalue weighted by atomic mass is 9.86. The van der Waals surface area contributed by atoms with Crippen molar-refractivity contribution >= 4 is 17.4 Å². The fourth-order valence-electron chi connectivity index (χ4n) is 4.51. The Balaban J connectivity index is 2.01. The maximum Gasteiger partial charge on any atom is 0.269 e. The van der Waals surface area contributed by atoms with Crippen molar-refractivity contribution in [3.8, 4) is 5.75 Å². The molecule has 38 heavy (non-hydrogen) atoms. The van der Waals surface area contributed by atoms with Crippen molar-refractivity contribution in [3.63, 3.8) is 0 Å². The zero-order chi connectivity index (χ0) is 27.6. The first kappa shape index (κ1) is 27.1. The normalized spacial score (nSPS) is 23.1. The number of anilines is 1. The predicted molar refractivity (Wildman–Crippen MR) is 147 cm³/mol. The van der Waals surface area contributed by atoms with Crippen LogP contribution >= 0.6 is 0 Å². The van der Waals surface area contributed by atoms with Gasteiger partial charge in [-0.3, -0.25) is 9.79 Å². The smallest absolute Gasteiger partial charge is 0.269 e. The fraction of sp³-hybridized carbons (Fsp3) is 0.393. The van der Waals surface area contributed by atoms with E-state index in [1.807, 2.05) is 6.92 Å². The van der Waals surface area contributed by atoms with Gasteiger partial charge in [0.05, 0.1) is 11.8 Å². The zero-order valence-corrected chi connectivity index (χ0v) is 22.3. The van der Waals surface area contributed by atoms with Crippen molar-refractivity contribution in [2.75, 3.05) is 33.4 Å². The monoisotopic (exact) mass is 521 g/mol. The van der Waals surface area contributed by atoms with E-state index in [2.05, 4.69) is 10.3 Å². The van der Waals surface area contributed by atoms with Gasteiger partial charge in [-0.2, -0.15) is 0 Å². The van der Waals surface area contributed by atoms with Crippen molar-refractivity contribution in [1.29, 1.82) is 0 Å². The van der Waals surface area contributed by atoms with E-state index in [-0.39, 0.29) is 23.8 Å². The highest BCUT2D eigenvalue weighted by Gasteiger charge is 2.29. The number of nitrogens with two attached hydrogens (primary N) is 3. The third-order valence-corrected chi connectivity index (χ3v) is 6.84. The molecule has 2 aliphatic rings. The minimum atomic E-state index is -0.653. The third kappa shape index (κ3) is 5.80. The van der Waals surface area contributed by atoms with Crippen LogP contribution in [0.2, 0.25) is 0 Å². The zero-order valence-electron chi connectivity index (χ0n) is 22.3. The van der Waals surface area contributed by atoms with E-state index >= 15 is 0 Å². The van der Waals surface area contributed by atoms with Crippen LogP contribution in [0.4, 0.5) is 10.2 Å². The van der Waals surface area contributed by atoms with Gasteiger partial charge in [0.2, 0.25) is 0 Å². The number of ether oxygens (including phenoxy) is 1. The maximum absolute atomic E-state index is 14.4. The van der Waals surface area contributed by atoms with Crippen molar-refractivity contribution < 1.29 is 13.9 Å². The average molecular weight is 522 g/mol. The molecule has 2 aromatic rings. The van der Waals surface area contributed by atoms with Crippen molar-refractivity contribution in [3.05, 3.63) is 76.0 Å². The Hall–Kier alpha value is -3.92. The van der Waals surface area contributed by atoms with Crippen LogP contribution in [-0.4, -0.2) is 49.2 Å². The molecule has 9 nitrogen and oxygen atoms in total. The highest BCUT2D eigenvalue weighted by Crippen LogP contribution is 2.37. The Morgan fingerprint density at radius 2 is 2.03 bits per heavy atom. The lowest BCUT2D eigenvalue weighted by Gasteiger charge is -2.27. The minimum Gasteiger partial charge on any atom is -0.482 e. The molecule has 0 spiro atoms. The third-order valence-electron chi connectivity index (χ3n) is 6.84. The van der Waals surface area contributed by atoms with Gasteiger partial charge >= 0.3 is 0 Å². The number of nitrogens with zero attached hydrogens (tertiary/aromatic N) is 3. The second kappa shape index (κ2) is 11.2. The quantitative estimate of drug-likeness (QED) is 0.453. The number of fused-ring (bicyclic) bond motifs is 3. The van der Waals surface area contributed by atoms with Gasteiger partial charge in [0.25, 0.3) is 5.91 Å². The molecule has 4 rings (SSSR count). The van der Waals surface area contributed by atoms with Crippen LogP contribution in [0.15, 0.2) is 58.5 Å². The van der Waals surface area contributed by atoms with Crippen LogP contribution in [-0.2, 0) is 4.79 Å². The SMILES string of the molecule is CN/C=C1/C/C(=C(/N)C(=O)N(C)C)C(=NCC2CC2)c2cnc(N)c(c2)O[C@H](C)c2cc(F)ccc2C1N. The number of allylic oxidation sites excluding steroid dienone is 1. The van der Waals surface area contributed by atoms with Gasteiger partial charge < -0.3 is 32.2 Å². The largest absolute Gasteiger partial charge is 0.482 e. The number of amides is 1. The highest BCUT2D eigenvalue weighted by atomic mass is 19.1. The van der Waals surface area contributed by atoms with Gasteiger partial charge in [-0.1, -0.05) is 6.07 Å². The number of aliphatic imine (C=N–C) groups is 1. The molecule has 1 aliphatic carbocycles. The number of pyridine rings is 1. The van der Waals surface area contributed by atoms with E-state index in [0.717, 1.165) is 18.4 Å². The summed E-state index contributed by atoms with van der Waals surface area (Å²) in [6.45, 7) is 2.41. The van der Waals surface area contributed by atoms with Gasteiger partial charge in [0, 0.05) is 57.0 Å². The first-order valence-electron chi connectivity index (χ1n) is 12.7. The molecule has 0 saturated heterocycles. The number of nitrogens with one attached hydrogen (secondary N) is 1. The second-order valence-electron chi connectivity index (χ2n) is 10.0. The molecule has 2 bridgehead atoms. The molecule has 10 heteroatoms. The van der Waals surface area contributed by atoms with Gasteiger partial charge in [-0.25, -0.2) is 9.37 Å². The van der Waals surface area contributed by atoms with Crippen LogP contribution in [0.1, 0.15) is 55.0 Å². The van der Waals surface area contributed by atoms with Gasteiger partial charge in [0.1, 0.15) is 17.6 Å². The van der Waals surface area contributed by atoms with E-state index in [1.165, 1.54) is 17.0 Å². The van der Waals surface area contributed by atoms with Gasteiger partial charge in [0.15, 0.2) is 11.6 Å². The number of hydrogen-bond acceptors (Lipinski definition) is 8. The van der Waals surface area contributed by atoms with Crippen LogP contribution in [0.25, 0.3) is 0 Å². The van der Waals surface area contributed by atoms with Crippen LogP contribution in [0.3, 0.4) is 0 Å². The molecule has 1 aromatic carbocycles. The van der Waals surface area contributed by atoms with E-state index in [0.29, 0.717) is 46.2 Å². The lowest BCUT2D eigenvalue weighted by molar-refractivity contribution is -0.124. The maximum atomic E-state index is 14.4. The number of benzene rings is 1. The molecular weight excluding hydrogens is 485 g/mol. The molecule has 0 radical (unpaired) electrons. The van der Waals surface area contributed by atoms with E-state index < -0.39 is 18.0 Å². The first-order chi connectivity index (χ1) is 18.1. The second-order valence-corrected chi connectivity index (χ2v) is 10.0. The van der Waals surface area contributed by atoms with E-state index in [9.17, 15) is 9.18 Å². The summed E-state index contributed by atoms with van der Waals surface area (Å²) in [4.78, 5) is 23.9. The number of aromatic nitrogens is 1. The number of carbonyl (C=O) groups is 1. The standard InChI is InChI=1S/C28H36FN7O2/c1-15-21-11-19(29)7-8-20(21)24(30)17(13-33-2)9-22(25(31)28(37)36(3)4)26(34-12-16-5-6-16)18-10-23(38-15)27(32)35-14-18/h7-8,10-11,13-16,24,33H,5-6,9,12,30-31H2,1-4H3,(H2,32,35)/b17-13-,25-22-,34-26?/t15-,24?/m1/s1. The number of carbonyl (C=O) groups excluding carboxylic acids is 1. The Bertz CT molecular complexity index is 1310. The Kier molecular flexibility index (Phi) is 8.01. The molecular formula is C28H36FN7O2. The fourth-order valence-corrected chi connectivity index (χ4v) is 4.51. The molecule has 2 atom stereocenters. The lowest BCUT2D eigenvalue weighted by Crippen LogP contribution is -2.31. The Labute approximate surface area is 222 Å². The molecule has 1 fully saturated rings. The number of halogens is 1. The number of hydrogen-bond donors (Lipinski definition) is 4. The highest BCUT2D eigenvalue weighted by molar-refractivity contribution is 6.16. The summed E-state index contributed by atoms with van der Waals surface area (Å²) in [5.41, 5.74) is 23.3. The van der Waals surface area contributed by atoms with Crippen LogP contribution in [0, 0.1) is 11.7 Å². The summed E-state index contributed by atoms with van der Waals surface area (Å²) in [5.74, 6) is 0.235. The number of nitrogen functional groups attached to an aromatic ring is 1. The van der Waals surface area contributed by atoms with E-state index in [1.54, 1.807) is 45.7 Å². The Morgan fingerprint density at radius 3 is 2.68 bits per heavy atom. The summed E-state index contributed by atoms with van der Waals surface area (Å²) in [7, 11) is 5.05. The van der Waals surface area contributed by atoms with Crippen molar-refractivity contribution in [1.82, 2.24) is 15.2 Å². The summed E-state index contributed by atoms with van der Waals surface area (Å²) in [6.07, 6.45) is 5.25. The molecule has 202 valence electrons. The van der Waals surface area contributed by atoms with Crippen molar-refractivity contribution in [2.45, 2.75) is 38.3 Å². The van der Waals surface area contributed by atoms with Crippen LogP contribution in [0.5, 0.6) is 5.75 Å². The molecule has 7 N–H and O–H groups in total. The molecule has 1 aromatic heterocycles. The Morgan fingerprint density at radius 1 is 1.29 bits per heavy atom. The first-order valence-corrected chi connectivity index (χ1v) is 12.7. The predicted octanol–water partition coefficient (Wildman–Crippen LogP) is 2.95. The molecule has 1 saturated carbocycles. The summed E-state index contributed by atoms with van der Waals surface area (Å²) in [5, 5.41) is 3.06. The molecule has 2 heterocycles. The summed E-state index contributed by atoms with van der Waals surface area (Å²) in [6, 6.07) is 5.54. The van der Waals surface area contributed by atoms with Crippen molar-refractivity contribution in [2.24, 2.45) is 22.4 Å². The summed E-state index contributed by atoms with van der Waals surface area (Å²) < 4.78 is 20.6. The minimum absolute atomic E-state index is 0.0581. The van der Waals surface area contributed by atoms with E-state index in [4.69, 9.17) is 26.9 Å². The average Bonchev–Trinajstić information content (AvgIpc) is 3.71. The number of likely N-dealkylation sites (N-methyl/N-ethyl adjacent to an activating group) is 1.